The highest BCUT2D eigenvalue weighted by Gasteiger charge is 2.34. The number of ether oxygens (including phenoxy) is 1. The molecule has 0 saturated carbocycles. The molecule has 0 bridgehead atoms. The van der Waals surface area contributed by atoms with Gasteiger partial charge in [0.05, 0.1) is 23.5 Å². The van der Waals surface area contributed by atoms with Gasteiger partial charge >= 0.3 is 6.09 Å². The number of nitrogens with zero attached hydrogens (tertiary/aromatic N) is 3. The Morgan fingerprint density at radius 1 is 1.15 bits per heavy atom. The van der Waals surface area contributed by atoms with Gasteiger partial charge in [0, 0.05) is 32.1 Å². The van der Waals surface area contributed by atoms with Crippen molar-refractivity contribution in [3.63, 3.8) is 0 Å². The Labute approximate surface area is 197 Å². The van der Waals surface area contributed by atoms with E-state index in [1.807, 2.05) is 39.0 Å². The molecule has 7 nitrogen and oxygen atoms in total. The van der Waals surface area contributed by atoms with Crippen LogP contribution in [0.4, 0.5) is 16.2 Å². The van der Waals surface area contributed by atoms with Crippen molar-refractivity contribution in [1.29, 1.82) is 0 Å². The fraction of sp³-hybridized carbons (Fsp3) is 0.423. The molecule has 3 amide bonds. The number of allylic oxidation sites excluding steroid dienone is 2. The molecular formula is C26H35N3O4. The maximum absolute atomic E-state index is 12.8. The molecule has 178 valence electrons. The van der Waals surface area contributed by atoms with Crippen LogP contribution in [-0.2, 0) is 14.3 Å². The molecule has 0 saturated heterocycles. The van der Waals surface area contributed by atoms with Crippen molar-refractivity contribution in [2.75, 3.05) is 29.4 Å². The van der Waals surface area contributed by atoms with Gasteiger partial charge in [-0.2, -0.15) is 0 Å². The molecule has 1 aliphatic rings. The van der Waals surface area contributed by atoms with Crippen molar-refractivity contribution in [3.8, 4) is 0 Å². The van der Waals surface area contributed by atoms with Gasteiger partial charge in [0.1, 0.15) is 0 Å². The first-order chi connectivity index (χ1) is 15.5. The van der Waals surface area contributed by atoms with E-state index in [9.17, 15) is 14.4 Å². The molecule has 1 aromatic rings. The zero-order valence-electron chi connectivity index (χ0n) is 20.6. The number of carbonyl (C=O) groups is 3. The van der Waals surface area contributed by atoms with Crippen molar-refractivity contribution in [2.24, 2.45) is 0 Å². The molecule has 1 unspecified atom stereocenters. The Hall–Kier alpha value is -3.35. The Balaban J connectivity index is 2.38. The number of fused-ring (bicyclic) bond motifs is 1. The summed E-state index contributed by atoms with van der Waals surface area (Å²) in [4.78, 5) is 42.5. The SMILES string of the molecule is C=C(/C=C\C(=C)c1ccc2c(c1)N(C(=O)OC(C)C)CC(C)N2C(C)=O)C(=O)N(CC)CC. The summed E-state index contributed by atoms with van der Waals surface area (Å²) in [5.41, 5.74) is 3.00. The summed E-state index contributed by atoms with van der Waals surface area (Å²) < 4.78 is 5.43. The maximum atomic E-state index is 12.8. The molecule has 33 heavy (non-hydrogen) atoms. The first-order valence-corrected chi connectivity index (χ1v) is 11.3. The van der Waals surface area contributed by atoms with Crippen molar-refractivity contribution in [1.82, 2.24) is 4.90 Å². The van der Waals surface area contributed by atoms with Crippen LogP contribution in [0.1, 0.15) is 47.1 Å². The minimum absolute atomic E-state index is 0.0988. The molecule has 1 atom stereocenters. The van der Waals surface area contributed by atoms with Gasteiger partial charge in [-0.3, -0.25) is 14.5 Å². The van der Waals surface area contributed by atoms with Gasteiger partial charge in [-0.1, -0.05) is 25.3 Å². The lowest BCUT2D eigenvalue weighted by Crippen LogP contribution is -2.51. The monoisotopic (exact) mass is 453 g/mol. The highest BCUT2D eigenvalue weighted by atomic mass is 16.6. The topological polar surface area (TPSA) is 70.2 Å². The fourth-order valence-electron chi connectivity index (χ4n) is 3.83. The first kappa shape index (κ1) is 25.9. The van der Waals surface area contributed by atoms with Crippen LogP contribution in [0, 0.1) is 0 Å². The summed E-state index contributed by atoms with van der Waals surface area (Å²) in [5.74, 6) is -0.221. The number of hydrogen-bond donors (Lipinski definition) is 0. The lowest BCUT2D eigenvalue weighted by atomic mass is 10.0. The summed E-state index contributed by atoms with van der Waals surface area (Å²) in [6.07, 6.45) is 2.66. The van der Waals surface area contributed by atoms with Crippen LogP contribution < -0.4 is 9.80 Å². The molecule has 1 aromatic carbocycles. The van der Waals surface area contributed by atoms with E-state index in [4.69, 9.17) is 4.74 Å². The average molecular weight is 454 g/mol. The van der Waals surface area contributed by atoms with E-state index in [1.165, 1.54) is 6.92 Å². The van der Waals surface area contributed by atoms with Crippen LogP contribution in [0.5, 0.6) is 0 Å². The molecule has 1 heterocycles. The smallest absolute Gasteiger partial charge is 0.414 e. The second-order valence-corrected chi connectivity index (χ2v) is 8.35. The van der Waals surface area contributed by atoms with E-state index >= 15 is 0 Å². The summed E-state index contributed by atoms with van der Waals surface area (Å²) in [6.45, 7) is 20.4. The highest BCUT2D eigenvalue weighted by molar-refractivity contribution is 6.03. The lowest BCUT2D eigenvalue weighted by Gasteiger charge is -2.40. The van der Waals surface area contributed by atoms with Gasteiger partial charge in [0.15, 0.2) is 0 Å². The average Bonchev–Trinajstić information content (AvgIpc) is 2.76. The van der Waals surface area contributed by atoms with E-state index < -0.39 is 6.09 Å². The second kappa shape index (κ2) is 11.0. The third kappa shape index (κ3) is 5.92. The van der Waals surface area contributed by atoms with E-state index in [1.54, 1.807) is 40.7 Å². The van der Waals surface area contributed by atoms with Gasteiger partial charge in [-0.15, -0.1) is 0 Å². The number of benzene rings is 1. The number of carbonyl (C=O) groups excluding carboxylic acids is 3. The Morgan fingerprint density at radius 2 is 1.79 bits per heavy atom. The maximum Gasteiger partial charge on any atom is 0.414 e. The zero-order valence-corrected chi connectivity index (χ0v) is 20.6. The molecule has 1 aliphatic heterocycles. The predicted molar refractivity (Wildman–Crippen MR) is 133 cm³/mol. The van der Waals surface area contributed by atoms with Crippen LogP contribution in [0.2, 0.25) is 0 Å². The standard InChI is InChI=1S/C26H35N3O4/c1-9-27(10-2)25(31)19(6)12-11-18(5)22-13-14-23-24(15-22)28(26(32)33-17(3)4)16-20(7)29(23)21(8)30/h11-15,17,20H,5-6,9-10,16H2,1-4,7-8H3/b12-11-. The number of hydrogen-bond acceptors (Lipinski definition) is 4. The quantitative estimate of drug-likeness (QED) is 0.440. The van der Waals surface area contributed by atoms with Crippen molar-refractivity contribution < 1.29 is 19.1 Å². The van der Waals surface area contributed by atoms with Crippen LogP contribution >= 0.6 is 0 Å². The Morgan fingerprint density at radius 3 is 2.33 bits per heavy atom. The summed E-state index contributed by atoms with van der Waals surface area (Å²) in [6, 6.07) is 5.28. The fourth-order valence-corrected chi connectivity index (χ4v) is 3.83. The third-order valence-electron chi connectivity index (χ3n) is 5.49. The van der Waals surface area contributed by atoms with Crippen LogP contribution in [0.3, 0.4) is 0 Å². The number of likely N-dealkylation sites (N-methyl/N-ethyl adjacent to an activating group) is 1. The van der Waals surface area contributed by atoms with Crippen LogP contribution in [0.15, 0.2) is 49.1 Å². The summed E-state index contributed by atoms with van der Waals surface area (Å²) in [7, 11) is 0. The van der Waals surface area contributed by atoms with Crippen molar-refractivity contribution in [3.05, 3.63) is 54.6 Å². The predicted octanol–water partition coefficient (Wildman–Crippen LogP) is 4.79. The van der Waals surface area contributed by atoms with E-state index in [0.717, 1.165) is 5.56 Å². The normalized spacial score (nSPS) is 15.4. The minimum Gasteiger partial charge on any atom is -0.446 e. The third-order valence-corrected chi connectivity index (χ3v) is 5.49. The number of amides is 3. The highest BCUT2D eigenvalue weighted by Crippen LogP contribution is 2.38. The van der Waals surface area contributed by atoms with Crippen molar-refractivity contribution in [2.45, 2.75) is 53.7 Å². The minimum atomic E-state index is -0.460. The Bertz CT molecular complexity index is 976. The second-order valence-electron chi connectivity index (χ2n) is 8.35. The molecule has 0 aliphatic carbocycles. The number of rotatable bonds is 7. The van der Waals surface area contributed by atoms with Crippen molar-refractivity contribution >= 4 is 34.9 Å². The molecule has 0 radical (unpaired) electrons. The number of anilines is 2. The molecule has 0 spiro atoms. The van der Waals surface area contributed by atoms with Crippen LogP contribution in [-0.4, -0.2) is 54.6 Å². The summed E-state index contributed by atoms with van der Waals surface area (Å²) in [5, 5.41) is 0. The van der Waals surface area contributed by atoms with E-state index in [0.29, 0.717) is 42.2 Å². The van der Waals surface area contributed by atoms with Gasteiger partial charge in [0.25, 0.3) is 5.91 Å². The lowest BCUT2D eigenvalue weighted by molar-refractivity contribution is -0.126. The Kier molecular flexibility index (Phi) is 8.63. The molecule has 0 aromatic heterocycles. The van der Waals surface area contributed by atoms with Gasteiger partial charge in [-0.25, -0.2) is 4.79 Å². The molecule has 2 rings (SSSR count). The van der Waals surface area contributed by atoms with Gasteiger partial charge < -0.3 is 14.5 Å². The zero-order chi connectivity index (χ0) is 24.9. The van der Waals surface area contributed by atoms with E-state index in [2.05, 4.69) is 13.2 Å². The molecule has 7 heteroatoms. The molecule has 0 fully saturated rings. The molecule has 0 N–H and O–H groups in total. The van der Waals surface area contributed by atoms with Gasteiger partial charge in [-0.05, 0) is 64.0 Å². The summed E-state index contributed by atoms with van der Waals surface area (Å²) >= 11 is 0. The van der Waals surface area contributed by atoms with E-state index in [-0.39, 0.29) is 24.0 Å². The molecular weight excluding hydrogens is 418 g/mol. The first-order valence-electron chi connectivity index (χ1n) is 11.3. The van der Waals surface area contributed by atoms with Gasteiger partial charge in [0.2, 0.25) is 5.91 Å². The van der Waals surface area contributed by atoms with Crippen LogP contribution in [0.25, 0.3) is 5.57 Å². The largest absolute Gasteiger partial charge is 0.446 e.